The molecule has 1 atom stereocenters. The van der Waals surface area contributed by atoms with Gasteiger partial charge in [-0.1, -0.05) is 13.0 Å². The van der Waals surface area contributed by atoms with Crippen LogP contribution in [0.2, 0.25) is 0 Å². The second kappa shape index (κ2) is 9.58. The number of carbonyl (C=O) groups excluding carboxylic acids is 2. The molecule has 23 heavy (non-hydrogen) atoms. The first kappa shape index (κ1) is 18.6. The number of amides is 2. The van der Waals surface area contributed by atoms with Crippen LogP contribution in [-0.2, 0) is 9.53 Å². The van der Waals surface area contributed by atoms with E-state index in [0.717, 1.165) is 6.42 Å². The van der Waals surface area contributed by atoms with Crippen LogP contribution < -0.4 is 10.6 Å². The number of hydrogen-bond acceptors (Lipinski definition) is 4. The number of nitrogens with one attached hydrogen (secondary N) is 2. The summed E-state index contributed by atoms with van der Waals surface area (Å²) in [6.45, 7) is 2.71. The average Bonchev–Trinajstić information content (AvgIpc) is 2.56. The highest BCUT2D eigenvalue weighted by molar-refractivity contribution is 6.00. The smallest absolute Gasteiger partial charge is 0.326 e. The zero-order valence-electron chi connectivity index (χ0n) is 13.3. The van der Waals surface area contributed by atoms with Gasteiger partial charge in [0.05, 0.1) is 0 Å². The molecule has 7 heteroatoms. The van der Waals surface area contributed by atoms with Gasteiger partial charge < -0.3 is 20.5 Å². The van der Waals surface area contributed by atoms with Crippen LogP contribution in [0.5, 0.6) is 0 Å². The molecule has 7 nitrogen and oxygen atoms in total. The first-order valence-electron chi connectivity index (χ1n) is 7.40. The summed E-state index contributed by atoms with van der Waals surface area (Å²) < 4.78 is 4.83. The largest absolute Gasteiger partial charge is 0.480 e. The lowest BCUT2D eigenvalue weighted by molar-refractivity contribution is -0.139. The molecule has 0 radical (unpaired) electrons. The van der Waals surface area contributed by atoms with Gasteiger partial charge in [-0.25, -0.2) is 4.79 Å². The standard InChI is InChI=1S/C16H22N2O5/c1-3-8-17-14(19)11-5-4-6-12(10-11)15(20)18-13(16(21)22)7-9-23-2/h4-6,10,13H,3,7-9H2,1-2H3,(H,17,19)(H,18,20)(H,21,22). The van der Waals surface area contributed by atoms with Crippen molar-refractivity contribution >= 4 is 17.8 Å². The highest BCUT2D eigenvalue weighted by atomic mass is 16.5. The van der Waals surface area contributed by atoms with Crippen LogP contribution in [0, 0.1) is 0 Å². The number of carboxylic acid groups (broad SMARTS) is 1. The molecule has 1 unspecified atom stereocenters. The number of rotatable bonds is 9. The Hall–Kier alpha value is -2.41. The molecule has 2 amide bonds. The SMILES string of the molecule is CCCNC(=O)c1cccc(C(=O)NC(CCOC)C(=O)O)c1. The molecule has 0 aliphatic rings. The van der Waals surface area contributed by atoms with Crippen LogP contribution in [0.3, 0.4) is 0 Å². The summed E-state index contributed by atoms with van der Waals surface area (Å²) in [5, 5.41) is 14.2. The topological polar surface area (TPSA) is 105 Å². The molecule has 3 N–H and O–H groups in total. The zero-order chi connectivity index (χ0) is 17.2. The first-order valence-corrected chi connectivity index (χ1v) is 7.40. The van der Waals surface area contributed by atoms with E-state index in [4.69, 9.17) is 9.84 Å². The average molecular weight is 322 g/mol. The fraction of sp³-hybridized carbons (Fsp3) is 0.438. The van der Waals surface area contributed by atoms with Crippen molar-refractivity contribution in [1.29, 1.82) is 0 Å². The Bertz CT molecular complexity index is 559. The molecule has 0 bridgehead atoms. The first-order chi connectivity index (χ1) is 11.0. The Kier molecular flexibility index (Phi) is 7.76. The summed E-state index contributed by atoms with van der Waals surface area (Å²) >= 11 is 0. The van der Waals surface area contributed by atoms with Gasteiger partial charge >= 0.3 is 5.97 Å². The minimum absolute atomic E-state index is 0.161. The molecule has 0 aromatic heterocycles. The number of hydrogen-bond donors (Lipinski definition) is 3. The van der Waals surface area contributed by atoms with Crippen LogP contribution >= 0.6 is 0 Å². The van der Waals surface area contributed by atoms with Gasteiger partial charge in [-0.05, 0) is 24.6 Å². The quantitative estimate of drug-likeness (QED) is 0.630. The van der Waals surface area contributed by atoms with E-state index in [-0.39, 0.29) is 24.5 Å². The van der Waals surface area contributed by atoms with E-state index in [9.17, 15) is 14.4 Å². The lowest BCUT2D eigenvalue weighted by atomic mass is 10.1. The van der Waals surface area contributed by atoms with Crippen molar-refractivity contribution < 1.29 is 24.2 Å². The van der Waals surface area contributed by atoms with Gasteiger partial charge in [-0.2, -0.15) is 0 Å². The number of benzene rings is 1. The molecule has 126 valence electrons. The van der Waals surface area contributed by atoms with E-state index < -0.39 is 17.9 Å². The maximum absolute atomic E-state index is 12.2. The third-order valence-corrected chi connectivity index (χ3v) is 3.14. The molecular formula is C16H22N2O5. The second-order valence-electron chi connectivity index (χ2n) is 4.98. The van der Waals surface area contributed by atoms with E-state index in [1.165, 1.54) is 19.2 Å². The van der Waals surface area contributed by atoms with Crippen LogP contribution in [-0.4, -0.2) is 49.2 Å². The predicted octanol–water partition coefficient (Wildman–Crippen LogP) is 1.05. The third kappa shape index (κ3) is 6.07. The Labute approximate surface area is 135 Å². The van der Waals surface area contributed by atoms with Gasteiger partial charge in [0.15, 0.2) is 0 Å². The molecule has 0 aliphatic heterocycles. The van der Waals surface area contributed by atoms with Crippen molar-refractivity contribution in [3.05, 3.63) is 35.4 Å². The predicted molar refractivity (Wildman–Crippen MR) is 84.4 cm³/mol. The van der Waals surface area contributed by atoms with Crippen LogP contribution in [0.25, 0.3) is 0 Å². The van der Waals surface area contributed by atoms with Gasteiger partial charge in [0.25, 0.3) is 11.8 Å². The molecule has 0 heterocycles. The van der Waals surface area contributed by atoms with Crippen molar-refractivity contribution in [2.75, 3.05) is 20.3 Å². The molecule has 0 spiro atoms. The van der Waals surface area contributed by atoms with Gasteiger partial charge in [0.1, 0.15) is 6.04 Å². The fourth-order valence-electron chi connectivity index (χ4n) is 1.88. The second-order valence-corrected chi connectivity index (χ2v) is 4.98. The van der Waals surface area contributed by atoms with E-state index >= 15 is 0 Å². The lowest BCUT2D eigenvalue weighted by Gasteiger charge is -2.14. The Balaban J connectivity index is 2.79. The summed E-state index contributed by atoms with van der Waals surface area (Å²) in [5.41, 5.74) is 0.590. The number of ether oxygens (including phenoxy) is 1. The maximum atomic E-state index is 12.2. The number of methoxy groups -OCH3 is 1. The highest BCUT2D eigenvalue weighted by Crippen LogP contribution is 2.07. The fourth-order valence-corrected chi connectivity index (χ4v) is 1.88. The van der Waals surface area contributed by atoms with Crippen LogP contribution in [0.4, 0.5) is 0 Å². The van der Waals surface area contributed by atoms with Gasteiger partial charge in [0.2, 0.25) is 0 Å². The van der Waals surface area contributed by atoms with Crippen LogP contribution in [0.15, 0.2) is 24.3 Å². The molecule has 1 aromatic carbocycles. The number of aliphatic carboxylic acids is 1. The van der Waals surface area contributed by atoms with Gasteiger partial charge in [0, 0.05) is 37.8 Å². The van der Waals surface area contributed by atoms with Crippen molar-refractivity contribution in [3.63, 3.8) is 0 Å². The van der Waals surface area contributed by atoms with Gasteiger partial charge in [-0.15, -0.1) is 0 Å². The van der Waals surface area contributed by atoms with Gasteiger partial charge in [-0.3, -0.25) is 9.59 Å². The molecule has 0 saturated carbocycles. The van der Waals surface area contributed by atoms with Crippen molar-refractivity contribution in [3.8, 4) is 0 Å². The molecule has 0 fully saturated rings. The molecule has 1 aromatic rings. The minimum Gasteiger partial charge on any atom is -0.480 e. The summed E-state index contributed by atoms with van der Waals surface area (Å²) in [5.74, 6) is -1.94. The molecule has 0 aliphatic carbocycles. The minimum atomic E-state index is -1.13. The lowest BCUT2D eigenvalue weighted by Crippen LogP contribution is -2.41. The van der Waals surface area contributed by atoms with E-state index in [2.05, 4.69) is 10.6 Å². The Morgan fingerprint density at radius 2 is 1.87 bits per heavy atom. The third-order valence-electron chi connectivity index (χ3n) is 3.14. The van der Waals surface area contributed by atoms with Crippen molar-refractivity contribution in [2.24, 2.45) is 0 Å². The maximum Gasteiger partial charge on any atom is 0.326 e. The van der Waals surface area contributed by atoms with E-state index in [0.29, 0.717) is 12.1 Å². The normalized spacial score (nSPS) is 11.6. The van der Waals surface area contributed by atoms with E-state index in [1.807, 2.05) is 6.92 Å². The molecule has 0 saturated heterocycles. The monoisotopic (exact) mass is 322 g/mol. The highest BCUT2D eigenvalue weighted by Gasteiger charge is 2.20. The Morgan fingerprint density at radius 3 is 2.43 bits per heavy atom. The van der Waals surface area contributed by atoms with Crippen LogP contribution in [0.1, 0.15) is 40.5 Å². The summed E-state index contributed by atoms with van der Waals surface area (Å²) in [6, 6.07) is 5.11. The van der Waals surface area contributed by atoms with E-state index in [1.54, 1.807) is 12.1 Å². The summed E-state index contributed by atoms with van der Waals surface area (Å²) in [7, 11) is 1.46. The number of carboxylic acids is 1. The Morgan fingerprint density at radius 1 is 1.22 bits per heavy atom. The molecular weight excluding hydrogens is 300 g/mol. The zero-order valence-corrected chi connectivity index (χ0v) is 13.3. The summed E-state index contributed by atoms with van der Waals surface area (Å²) in [4.78, 5) is 35.2. The van der Waals surface area contributed by atoms with Crippen molar-refractivity contribution in [2.45, 2.75) is 25.8 Å². The summed E-state index contributed by atoms with van der Waals surface area (Å²) in [6.07, 6.45) is 0.972. The van der Waals surface area contributed by atoms with Crippen molar-refractivity contribution in [1.82, 2.24) is 10.6 Å². The number of carbonyl (C=O) groups is 3. The molecule has 1 rings (SSSR count).